The molecule has 1 aromatic rings. The Hall–Kier alpha value is -1.69. The molecule has 6 nitrogen and oxygen atoms in total. The van der Waals surface area contributed by atoms with Crippen molar-refractivity contribution in [3.8, 4) is 5.88 Å². The molecular formula is C14H21N3O3. The summed E-state index contributed by atoms with van der Waals surface area (Å²) < 4.78 is 10.6. The molecule has 1 aromatic heterocycles. The van der Waals surface area contributed by atoms with E-state index in [9.17, 15) is 4.79 Å². The predicted octanol–water partition coefficient (Wildman–Crippen LogP) is 1.42. The molecule has 0 aliphatic carbocycles. The third kappa shape index (κ3) is 3.90. The number of carbonyl (C=O) groups excluding carboxylic acids is 1. The van der Waals surface area contributed by atoms with Crippen LogP contribution < -0.4 is 10.1 Å². The van der Waals surface area contributed by atoms with E-state index in [2.05, 4.69) is 29.1 Å². The Balaban J connectivity index is 1.88. The van der Waals surface area contributed by atoms with Gasteiger partial charge < -0.3 is 14.8 Å². The predicted molar refractivity (Wildman–Crippen MR) is 73.7 cm³/mol. The standard InChI is InChI=1S/C14H21N3O3/c1-14(2)7-10(4-5-20-14)8-15-13(18)11-6-12(19-3)17-9-16-11/h6,9-10H,4-5,7-8H2,1-3H3,(H,15,18). The van der Waals surface area contributed by atoms with E-state index >= 15 is 0 Å². The zero-order chi connectivity index (χ0) is 14.6. The van der Waals surface area contributed by atoms with Gasteiger partial charge in [-0.15, -0.1) is 0 Å². The lowest BCUT2D eigenvalue weighted by atomic mass is 9.88. The fourth-order valence-corrected chi connectivity index (χ4v) is 2.44. The van der Waals surface area contributed by atoms with Gasteiger partial charge in [-0.05, 0) is 32.6 Å². The summed E-state index contributed by atoms with van der Waals surface area (Å²) in [5.74, 6) is 0.624. The van der Waals surface area contributed by atoms with Crippen molar-refractivity contribution in [3.63, 3.8) is 0 Å². The summed E-state index contributed by atoms with van der Waals surface area (Å²) in [6.07, 6.45) is 3.24. The number of carbonyl (C=O) groups is 1. The van der Waals surface area contributed by atoms with E-state index in [0.29, 0.717) is 24.0 Å². The number of hydrogen-bond donors (Lipinski definition) is 1. The summed E-state index contributed by atoms with van der Waals surface area (Å²) >= 11 is 0. The van der Waals surface area contributed by atoms with Crippen molar-refractivity contribution in [2.24, 2.45) is 5.92 Å². The molecule has 0 spiro atoms. The number of methoxy groups -OCH3 is 1. The maximum Gasteiger partial charge on any atom is 0.270 e. The highest BCUT2D eigenvalue weighted by Crippen LogP contribution is 2.27. The van der Waals surface area contributed by atoms with Crippen LogP contribution in [0.2, 0.25) is 0 Å². The number of rotatable bonds is 4. The van der Waals surface area contributed by atoms with Crippen molar-refractivity contribution in [1.29, 1.82) is 0 Å². The largest absolute Gasteiger partial charge is 0.481 e. The summed E-state index contributed by atoms with van der Waals surface area (Å²) in [4.78, 5) is 19.9. The molecule has 1 atom stereocenters. The van der Waals surface area contributed by atoms with Gasteiger partial charge in [-0.1, -0.05) is 0 Å². The number of nitrogens with one attached hydrogen (secondary N) is 1. The first-order chi connectivity index (χ1) is 9.50. The maximum atomic E-state index is 12.0. The molecule has 0 radical (unpaired) electrons. The average molecular weight is 279 g/mol. The molecule has 1 unspecified atom stereocenters. The number of amides is 1. The molecule has 1 aliphatic heterocycles. The summed E-state index contributed by atoms with van der Waals surface area (Å²) in [5, 5.41) is 2.92. The second-order valence-corrected chi connectivity index (χ2v) is 5.62. The molecule has 6 heteroatoms. The average Bonchev–Trinajstić information content (AvgIpc) is 2.44. The lowest BCUT2D eigenvalue weighted by Crippen LogP contribution is -2.39. The Bertz CT molecular complexity index is 476. The second kappa shape index (κ2) is 6.17. The molecule has 20 heavy (non-hydrogen) atoms. The molecule has 1 amide bonds. The molecule has 110 valence electrons. The van der Waals surface area contributed by atoms with Gasteiger partial charge in [0.2, 0.25) is 5.88 Å². The fraction of sp³-hybridized carbons (Fsp3) is 0.643. The number of nitrogens with zero attached hydrogens (tertiary/aromatic N) is 2. The Morgan fingerprint density at radius 3 is 3.05 bits per heavy atom. The normalized spacial score (nSPS) is 21.2. The smallest absolute Gasteiger partial charge is 0.270 e. The Morgan fingerprint density at radius 1 is 1.55 bits per heavy atom. The summed E-state index contributed by atoms with van der Waals surface area (Å²) in [6.45, 7) is 5.54. The minimum absolute atomic E-state index is 0.105. The monoisotopic (exact) mass is 279 g/mol. The van der Waals surface area contributed by atoms with Gasteiger partial charge in [0.05, 0.1) is 12.7 Å². The van der Waals surface area contributed by atoms with E-state index in [0.717, 1.165) is 19.4 Å². The Morgan fingerprint density at radius 2 is 2.35 bits per heavy atom. The van der Waals surface area contributed by atoms with Crippen molar-refractivity contribution < 1.29 is 14.3 Å². The van der Waals surface area contributed by atoms with Crippen LogP contribution in [0, 0.1) is 5.92 Å². The first-order valence-corrected chi connectivity index (χ1v) is 6.78. The van der Waals surface area contributed by atoms with Crippen LogP contribution in [0.15, 0.2) is 12.4 Å². The molecule has 0 aromatic carbocycles. The molecule has 1 fully saturated rings. The molecule has 1 N–H and O–H groups in total. The summed E-state index contributed by atoms with van der Waals surface area (Å²) in [5.41, 5.74) is 0.217. The van der Waals surface area contributed by atoms with Crippen molar-refractivity contribution in [2.45, 2.75) is 32.3 Å². The summed E-state index contributed by atoms with van der Waals surface area (Å²) in [7, 11) is 1.51. The topological polar surface area (TPSA) is 73.3 Å². The van der Waals surface area contributed by atoms with E-state index in [1.165, 1.54) is 19.5 Å². The van der Waals surface area contributed by atoms with Crippen LogP contribution in [-0.4, -0.2) is 41.7 Å². The van der Waals surface area contributed by atoms with Gasteiger partial charge in [-0.25, -0.2) is 9.97 Å². The fourth-order valence-electron chi connectivity index (χ4n) is 2.44. The first-order valence-electron chi connectivity index (χ1n) is 6.78. The van der Waals surface area contributed by atoms with E-state index in [1.807, 2.05) is 0 Å². The second-order valence-electron chi connectivity index (χ2n) is 5.62. The van der Waals surface area contributed by atoms with Crippen molar-refractivity contribution >= 4 is 5.91 Å². The van der Waals surface area contributed by atoms with E-state index in [4.69, 9.17) is 9.47 Å². The van der Waals surface area contributed by atoms with Gasteiger partial charge >= 0.3 is 0 Å². The summed E-state index contributed by atoms with van der Waals surface area (Å²) in [6, 6.07) is 1.53. The first kappa shape index (κ1) is 14.7. The minimum atomic E-state index is -0.199. The molecule has 0 saturated carbocycles. The zero-order valence-corrected chi connectivity index (χ0v) is 12.2. The van der Waals surface area contributed by atoms with Gasteiger partial charge in [0, 0.05) is 19.2 Å². The number of hydrogen-bond acceptors (Lipinski definition) is 5. The van der Waals surface area contributed by atoms with Crippen LogP contribution in [0.1, 0.15) is 37.2 Å². The highest BCUT2D eigenvalue weighted by molar-refractivity contribution is 5.92. The molecule has 2 heterocycles. The van der Waals surface area contributed by atoms with Crippen molar-refractivity contribution in [3.05, 3.63) is 18.1 Å². The van der Waals surface area contributed by atoms with Gasteiger partial charge in [-0.3, -0.25) is 4.79 Å². The van der Waals surface area contributed by atoms with Gasteiger partial charge in [0.1, 0.15) is 12.0 Å². The van der Waals surface area contributed by atoms with Crippen molar-refractivity contribution in [2.75, 3.05) is 20.3 Å². The quantitative estimate of drug-likeness (QED) is 0.902. The third-order valence-electron chi connectivity index (χ3n) is 3.43. The van der Waals surface area contributed by atoms with Crippen LogP contribution in [0.25, 0.3) is 0 Å². The zero-order valence-electron chi connectivity index (χ0n) is 12.2. The molecule has 2 rings (SSSR count). The van der Waals surface area contributed by atoms with Gasteiger partial charge in [-0.2, -0.15) is 0 Å². The molecule has 1 saturated heterocycles. The van der Waals surface area contributed by atoms with Crippen LogP contribution in [0.4, 0.5) is 0 Å². The maximum absolute atomic E-state index is 12.0. The van der Waals surface area contributed by atoms with Gasteiger partial charge in [0.15, 0.2) is 0 Å². The van der Waals surface area contributed by atoms with E-state index in [-0.39, 0.29) is 11.5 Å². The molecular weight excluding hydrogens is 258 g/mol. The molecule has 1 aliphatic rings. The number of aromatic nitrogens is 2. The van der Waals surface area contributed by atoms with Crippen LogP contribution in [0.5, 0.6) is 5.88 Å². The SMILES string of the molecule is COc1cc(C(=O)NCC2CCOC(C)(C)C2)ncn1. The highest BCUT2D eigenvalue weighted by atomic mass is 16.5. The van der Waals surface area contributed by atoms with Gasteiger partial charge in [0.25, 0.3) is 5.91 Å². The lowest BCUT2D eigenvalue weighted by molar-refractivity contribution is -0.0715. The van der Waals surface area contributed by atoms with Crippen LogP contribution >= 0.6 is 0 Å². The van der Waals surface area contributed by atoms with E-state index in [1.54, 1.807) is 0 Å². The van der Waals surface area contributed by atoms with Crippen LogP contribution in [-0.2, 0) is 4.74 Å². The Kier molecular flexibility index (Phi) is 4.54. The van der Waals surface area contributed by atoms with E-state index < -0.39 is 0 Å². The third-order valence-corrected chi connectivity index (χ3v) is 3.43. The molecule has 0 bridgehead atoms. The van der Waals surface area contributed by atoms with Crippen molar-refractivity contribution in [1.82, 2.24) is 15.3 Å². The number of ether oxygens (including phenoxy) is 2. The lowest BCUT2D eigenvalue weighted by Gasteiger charge is -2.35. The van der Waals surface area contributed by atoms with Crippen LogP contribution in [0.3, 0.4) is 0 Å². The highest BCUT2D eigenvalue weighted by Gasteiger charge is 2.28. The Labute approximate surface area is 118 Å². The minimum Gasteiger partial charge on any atom is -0.481 e.